The van der Waals surface area contributed by atoms with Crippen LogP contribution in [0, 0.1) is 5.82 Å². The van der Waals surface area contributed by atoms with Crippen molar-refractivity contribution in [2.24, 2.45) is 0 Å². The quantitative estimate of drug-likeness (QED) is 0.348. The van der Waals surface area contributed by atoms with E-state index in [4.69, 9.17) is 0 Å². The van der Waals surface area contributed by atoms with E-state index in [1.165, 1.54) is 21.0 Å². The molecule has 1 N–H and O–H groups in total. The number of halogens is 2. The first kappa shape index (κ1) is 23.4. The van der Waals surface area contributed by atoms with Crippen LogP contribution in [0.25, 0.3) is 16.8 Å². The standard InChI is InChI=1S/C24H20BrFN4O4S/c1-35(33,34)30(12-14-2-5-18(25)19(26)10-14)21-13-29-20(11-17(21)15-3-4-15)22(24(31)32)23(28-29)16-6-8-27-9-7-16/h2,5-11,13,15H,3-4,12H2,1H3,(H,31,32). The van der Waals surface area contributed by atoms with Gasteiger partial charge in [0.05, 0.1) is 34.7 Å². The second kappa shape index (κ2) is 8.72. The minimum absolute atomic E-state index is 0.0329. The van der Waals surface area contributed by atoms with Gasteiger partial charge < -0.3 is 5.11 Å². The third-order valence-electron chi connectivity index (χ3n) is 5.94. The van der Waals surface area contributed by atoms with E-state index in [-0.39, 0.29) is 28.2 Å². The molecule has 0 amide bonds. The summed E-state index contributed by atoms with van der Waals surface area (Å²) in [5, 5.41) is 14.5. The van der Waals surface area contributed by atoms with E-state index in [2.05, 4.69) is 26.0 Å². The molecule has 180 valence electrons. The van der Waals surface area contributed by atoms with Gasteiger partial charge in [0.15, 0.2) is 0 Å². The summed E-state index contributed by atoms with van der Waals surface area (Å²) in [6.07, 6.45) is 7.47. The zero-order valence-electron chi connectivity index (χ0n) is 18.5. The average molecular weight is 559 g/mol. The third kappa shape index (κ3) is 4.53. The first-order valence-corrected chi connectivity index (χ1v) is 13.4. The number of aromatic nitrogens is 3. The van der Waals surface area contributed by atoms with Crippen LogP contribution in [-0.4, -0.2) is 40.3 Å². The molecule has 0 aliphatic heterocycles. The van der Waals surface area contributed by atoms with E-state index >= 15 is 0 Å². The number of carboxylic acids is 1. The first-order chi connectivity index (χ1) is 16.6. The summed E-state index contributed by atoms with van der Waals surface area (Å²) in [5.74, 6) is -1.53. The van der Waals surface area contributed by atoms with Crippen molar-refractivity contribution in [3.05, 3.63) is 82.0 Å². The number of carbonyl (C=O) groups is 1. The van der Waals surface area contributed by atoms with Gasteiger partial charge in [0.25, 0.3) is 0 Å². The summed E-state index contributed by atoms with van der Waals surface area (Å²) in [5.41, 5.74) is 2.85. The molecule has 0 spiro atoms. The van der Waals surface area contributed by atoms with Crippen LogP contribution in [-0.2, 0) is 16.6 Å². The first-order valence-electron chi connectivity index (χ1n) is 10.7. The summed E-state index contributed by atoms with van der Waals surface area (Å²) < 4.78 is 42.9. The average Bonchev–Trinajstić information content (AvgIpc) is 3.58. The molecule has 3 heterocycles. The molecule has 0 bridgehead atoms. The fourth-order valence-corrected chi connectivity index (χ4v) is 5.27. The number of carboxylic acid groups (broad SMARTS) is 1. The molecule has 1 aromatic carbocycles. The number of fused-ring (bicyclic) bond motifs is 1. The largest absolute Gasteiger partial charge is 0.478 e. The van der Waals surface area contributed by atoms with Crippen molar-refractivity contribution in [1.82, 2.24) is 14.6 Å². The molecule has 0 atom stereocenters. The van der Waals surface area contributed by atoms with Crippen molar-refractivity contribution >= 4 is 43.1 Å². The number of aromatic carboxylic acids is 1. The van der Waals surface area contributed by atoms with Crippen molar-refractivity contribution in [3.63, 3.8) is 0 Å². The van der Waals surface area contributed by atoms with E-state index in [0.29, 0.717) is 22.3 Å². The Bertz CT molecular complexity index is 1570. The van der Waals surface area contributed by atoms with E-state index in [9.17, 15) is 22.7 Å². The van der Waals surface area contributed by atoms with Crippen molar-refractivity contribution in [3.8, 4) is 11.3 Å². The molecule has 1 aliphatic carbocycles. The lowest BCUT2D eigenvalue weighted by atomic mass is 10.0. The van der Waals surface area contributed by atoms with E-state index in [1.54, 1.807) is 42.9 Å². The summed E-state index contributed by atoms with van der Waals surface area (Å²) in [7, 11) is -3.77. The van der Waals surface area contributed by atoms with Gasteiger partial charge in [-0.2, -0.15) is 5.10 Å². The number of hydrogen-bond acceptors (Lipinski definition) is 5. The summed E-state index contributed by atoms with van der Waals surface area (Å²) in [6, 6.07) is 9.52. The van der Waals surface area contributed by atoms with Crippen LogP contribution in [0.5, 0.6) is 0 Å². The Hall–Kier alpha value is -3.31. The van der Waals surface area contributed by atoms with Crippen LogP contribution in [0.15, 0.2) is 59.5 Å². The molecule has 5 rings (SSSR count). The Morgan fingerprint density at radius 1 is 1.23 bits per heavy atom. The van der Waals surface area contributed by atoms with Crippen LogP contribution in [0.2, 0.25) is 0 Å². The maximum Gasteiger partial charge on any atom is 0.340 e. The van der Waals surface area contributed by atoms with Crippen LogP contribution < -0.4 is 4.31 Å². The predicted octanol–water partition coefficient (Wildman–Crippen LogP) is 4.84. The molecule has 1 saturated carbocycles. The highest BCUT2D eigenvalue weighted by atomic mass is 79.9. The second-order valence-electron chi connectivity index (χ2n) is 8.50. The van der Waals surface area contributed by atoms with E-state index in [0.717, 1.165) is 24.7 Å². The number of rotatable bonds is 7. The number of pyridine rings is 2. The molecular formula is C24H20BrFN4O4S. The smallest absolute Gasteiger partial charge is 0.340 e. The molecule has 0 saturated heterocycles. The summed E-state index contributed by atoms with van der Waals surface area (Å²) in [6.45, 7) is -0.0848. The topological polar surface area (TPSA) is 105 Å². The Morgan fingerprint density at radius 2 is 1.94 bits per heavy atom. The Morgan fingerprint density at radius 3 is 2.54 bits per heavy atom. The Kier molecular flexibility index (Phi) is 5.84. The van der Waals surface area contributed by atoms with Gasteiger partial charge in [-0.05, 0) is 76.1 Å². The molecule has 1 aliphatic rings. The van der Waals surface area contributed by atoms with Gasteiger partial charge >= 0.3 is 5.97 Å². The van der Waals surface area contributed by atoms with Gasteiger partial charge in [-0.15, -0.1) is 0 Å². The van der Waals surface area contributed by atoms with E-state index < -0.39 is 21.8 Å². The van der Waals surface area contributed by atoms with Crippen LogP contribution in [0.3, 0.4) is 0 Å². The second-order valence-corrected chi connectivity index (χ2v) is 11.3. The maximum absolute atomic E-state index is 14.1. The van der Waals surface area contributed by atoms with Gasteiger partial charge in [-0.1, -0.05) is 6.07 Å². The molecule has 0 radical (unpaired) electrons. The molecule has 8 nitrogen and oxygen atoms in total. The highest BCUT2D eigenvalue weighted by Crippen LogP contribution is 2.46. The van der Waals surface area contributed by atoms with Gasteiger partial charge in [0.2, 0.25) is 10.0 Å². The van der Waals surface area contributed by atoms with Crippen LogP contribution in [0.4, 0.5) is 10.1 Å². The lowest BCUT2D eigenvalue weighted by Crippen LogP contribution is -2.30. The number of nitrogens with zero attached hydrogens (tertiary/aromatic N) is 4. The zero-order valence-corrected chi connectivity index (χ0v) is 20.9. The summed E-state index contributed by atoms with van der Waals surface area (Å²) >= 11 is 3.12. The Balaban J connectivity index is 1.71. The zero-order chi connectivity index (χ0) is 24.9. The molecule has 0 unspecified atom stereocenters. The van der Waals surface area contributed by atoms with Crippen molar-refractivity contribution in [1.29, 1.82) is 0 Å². The van der Waals surface area contributed by atoms with Crippen LogP contribution in [0.1, 0.15) is 40.2 Å². The number of hydrogen-bond donors (Lipinski definition) is 1. The lowest BCUT2D eigenvalue weighted by molar-refractivity contribution is 0.0699. The summed E-state index contributed by atoms with van der Waals surface area (Å²) in [4.78, 5) is 16.2. The fourth-order valence-electron chi connectivity index (χ4n) is 4.13. The third-order valence-corrected chi connectivity index (χ3v) is 7.71. The maximum atomic E-state index is 14.1. The van der Waals surface area contributed by atoms with Crippen molar-refractivity contribution in [2.75, 3.05) is 10.6 Å². The molecule has 1 fully saturated rings. The van der Waals surface area contributed by atoms with E-state index in [1.807, 2.05) is 0 Å². The number of benzene rings is 1. The van der Waals surface area contributed by atoms with Gasteiger partial charge in [-0.3, -0.25) is 9.29 Å². The monoisotopic (exact) mass is 558 g/mol. The van der Waals surface area contributed by atoms with Gasteiger partial charge in [0, 0.05) is 18.0 Å². The number of anilines is 1. The molecule has 11 heteroatoms. The fraction of sp³-hybridized carbons (Fsp3) is 0.208. The lowest BCUT2D eigenvalue weighted by Gasteiger charge is -2.25. The minimum atomic E-state index is -3.77. The molecular weight excluding hydrogens is 539 g/mol. The van der Waals surface area contributed by atoms with Crippen molar-refractivity contribution in [2.45, 2.75) is 25.3 Å². The van der Waals surface area contributed by atoms with Gasteiger partial charge in [0.1, 0.15) is 17.1 Å². The minimum Gasteiger partial charge on any atom is -0.478 e. The van der Waals surface area contributed by atoms with Crippen molar-refractivity contribution < 1.29 is 22.7 Å². The Labute approximate surface area is 209 Å². The molecule has 3 aromatic heterocycles. The molecule has 35 heavy (non-hydrogen) atoms. The van der Waals surface area contributed by atoms with Gasteiger partial charge in [-0.25, -0.2) is 22.1 Å². The predicted molar refractivity (Wildman–Crippen MR) is 132 cm³/mol. The highest BCUT2D eigenvalue weighted by molar-refractivity contribution is 9.10. The normalized spacial score (nSPS) is 13.8. The molecule has 4 aromatic rings. The van der Waals surface area contributed by atoms with Crippen LogP contribution >= 0.6 is 15.9 Å². The highest BCUT2D eigenvalue weighted by Gasteiger charge is 2.33. The number of sulfonamides is 1. The SMILES string of the molecule is CS(=O)(=O)N(Cc1ccc(Br)c(F)c1)c1cn2nc(-c3ccncc3)c(C(=O)O)c2cc1C1CC1.